The molecular formula is C21H22N4O3. The fraction of sp³-hybridized carbons (Fsp3) is 0.238. The Morgan fingerprint density at radius 2 is 2.11 bits per heavy atom. The molecule has 0 saturated carbocycles. The van der Waals surface area contributed by atoms with Crippen molar-refractivity contribution in [2.75, 3.05) is 18.9 Å². The Hall–Kier alpha value is -3.32. The molecule has 3 aromatic rings. The molecule has 144 valence electrons. The first-order valence-electron chi connectivity index (χ1n) is 9.19. The van der Waals surface area contributed by atoms with Crippen molar-refractivity contribution >= 4 is 28.7 Å². The number of carbonyl (C=O) groups excluding carboxylic acids is 1. The number of pyridine rings is 1. The second-order valence-electron chi connectivity index (χ2n) is 6.79. The number of aromatic nitrogens is 2. The van der Waals surface area contributed by atoms with Crippen LogP contribution in [0.4, 0.5) is 5.69 Å². The summed E-state index contributed by atoms with van der Waals surface area (Å²) in [7, 11) is 0. The molecule has 1 saturated heterocycles. The number of aromatic amines is 1. The standard InChI is InChI=1S/C21H22N4O3/c22-18-10-14(2-3-19(18)28-15-5-7-27-8-6-15)17-12-25-21-16(17)9-13(11-24-21)1-4-20(23)26/h1-4,9-12,15H,5-8,22H2,(H2,23,26)(H,24,25). The summed E-state index contributed by atoms with van der Waals surface area (Å²) in [5.41, 5.74) is 15.5. The summed E-state index contributed by atoms with van der Waals surface area (Å²) in [5.74, 6) is 0.195. The predicted molar refractivity (Wildman–Crippen MR) is 109 cm³/mol. The van der Waals surface area contributed by atoms with Crippen LogP contribution < -0.4 is 16.2 Å². The van der Waals surface area contributed by atoms with E-state index in [2.05, 4.69) is 9.97 Å². The summed E-state index contributed by atoms with van der Waals surface area (Å²) >= 11 is 0. The highest BCUT2D eigenvalue weighted by Gasteiger charge is 2.17. The molecule has 0 radical (unpaired) electrons. The molecule has 0 bridgehead atoms. The molecule has 0 aliphatic carbocycles. The van der Waals surface area contributed by atoms with Gasteiger partial charge in [0.2, 0.25) is 5.91 Å². The van der Waals surface area contributed by atoms with E-state index in [0.717, 1.165) is 53.8 Å². The van der Waals surface area contributed by atoms with E-state index in [9.17, 15) is 4.79 Å². The molecule has 7 nitrogen and oxygen atoms in total. The average Bonchev–Trinajstić information content (AvgIpc) is 3.12. The normalized spacial score (nSPS) is 15.3. The van der Waals surface area contributed by atoms with Gasteiger partial charge in [-0.25, -0.2) is 4.98 Å². The number of nitrogen functional groups attached to an aromatic ring is 1. The van der Waals surface area contributed by atoms with Crippen molar-refractivity contribution < 1.29 is 14.3 Å². The molecule has 3 heterocycles. The highest BCUT2D eigenvalue weighted by Crippen LogP contribution is 2.34. The zero-order chi connectivity index (χ0) is 19.5. The van der Waals surface area contributed by atoms with Crippen LogP contribution in [0.1, 0.15) is 18.4 Å². The minimum atomic E-state index is -0.498. The van der Waals surface area contributed by atoms with Crippen LogP contribution in [0.15, 0.2) is 42.7 Å². The summed E-state index contributed by atoms with van der Waals surface area (Å²) in [6.07, 6.45) is 8.42. The van der Waals surface area contributed by atoms with Crippen LogP contribution in [-0.2, 0) is 9.53 Å². The van der Waals surface area contributed by atoms with E-state index in [-0.39, 0.29) is 6.10 Å². The fourth-order valence-electron chi connectivity index (χ4n) is 3.32. The molecule has 5 N–H and O–H groups in total. The first-order valence-corrected chi connectivity index (χ1v) is 9.19. The van der Waals surface area contributed by atoms with Gasteiger partial charge in [0, 0.05) is 42.3 Å². The molecule has 1 fully saturated rings. The maximum absolute atomic E-state index is 11.0. The number of fused-ring (bicyclic) bond motifs is 1. The van der Waals surface area contributed by atoms with Gasteiger partial charge < -0.3 is 25.9 Å². The Morgan fingerprint density at radius 1 is 1.29 bits per heavy atom. The monoisotopic (exact) mass is 378 g/mol. The van der Waals surface area contributed by atoms with E-state index >= 15 is 0 Å². The highest BCUT2D eigenvalue weighted by molar-refractivity contribution is 5.96. The number of carbonyl (C=O) groups is 1. The molecule has 1 aliphatic rings. The van der Waals surface area contributed by atoms with Crippen LogP contribution in [0.2, 0.25) is 0 Å². The van der Waals surface area contributed by atoms with Gasteiger partial charge in [0.05, 0.1) is 18.9 Å². The van der Waals surface area contributed by atoms with E-state index in [1.165, 1.54) is 6.08 Å². The number of primary amides is 1. The second-order valence-corrected chi connectivity index (χ2v) is 6.79. The van der Waals surface area contributed by atoms with Gasteiger partial charge in [-0.15, -0.1) is 0 Å². The maximum Gasteiger partial charge on any atom is 0.241 e. The Balaban J connectivity index is 1.63. The smallest absolute Gasteiger partial charge is 0.241 e. The summed E-state index contributed by atoms with van der Waals surface area (Å²) < 4.78 is 11.4. The van der Waals surface area contributed by atoms with Crippen molar-refractivity contribution in [3.8, 4) is 16.9 Å². The van der Waals surface area contributed by atoms with Gasteiger partial charge in [0.1, 0.15) is 17.5 Å². The molecule has 0 atom stereocenters. The van der Waals surface area contributed by atoms with Gasteiger partial charge in [-0.2, -0.15) is 0 Å². The van der Waals surface area contributed by atoms with Gasteiger partial charge in [0.15, 0.2) is 0 Å². The average molecular weight is 378 g/mol. The summed E-state index contributed by atoms with van der Waals surface area (Å²) in [6.45, 7) is 1.44. The first-order chi connectivity index (χ1) is 13.6. The van der Waals surface area contributed by atoms with E-state index in [4.69, 9.17) is 20.9 Å². The van der Waals surface area contributed by atoms with Crippen LogP contribution in [-0.4, -0.2) is 35.2 Å². The molecule has 4 rings (SSSR count). The van der Waals surface area contributed by atoms with Crippen LogP contribution in [0, 0.1) is 0 Å². The third kappa shape index (κ3) is 3.84. The number of nitrogens with two attached hydrogens (primary N) is 2. The van der Waals surface area contributed by atoms with E-state index in [1.807, 2.05) is 30.5 Å². The van der Waals surface area contributed by atoms with Crippen LogP contribution >= 0.6 is 0 Å². The Labute approximate surface area is 162 Å². The Bertz CT molecular complexity index is 1040. The number of nitrogens with one attached hydrogen (secondary N) is 1. The number of rotatable bonds is 5. The van der Waals surface area contributed by atoms with Crippen LogP contribution in [0.25, 0.3) is 28.2 Å². The second kappa shape index (κ2) is 7.74. The van der Waals surface area contributed by atoms with Crippen LogP contribution in [0.3, 0.4) is 0 Å². The van der Waals surface area contributed by atoms with Gasteiger partial charge in [-0.3, -0.25) is 4.79 Å². The van der Waals surface area contributed by atoms with Gasteiger partial charge in [-0.05, 0) is 35.4 Å². The molecule has 7 heteroatoms. The minimum absolute atomic E-state index is 0.138. The molecular weight excluding hydrogens is 356 g/mol. The quantitative estimate of drug-likeness (QED) is 0.466. The molecule has 28 heavy (non-hydrogen) atoms. The number of benzene rings is 1. The fourth-order valence-corrected chi connectivity index (χ4v) is 3.32. The molecule has 0 spiro atoms. The molecule has 0 unspecified atom stereocenters. The van der Waals surface area contributed by atoms with Crippen molar-refractivity contribution in [2.45, 2.75) is 18.9 Å². The van der Waals surface area contributed by atoms with E-state index < -0.39 is 5.91 Å². The van der Waals surface area contributed by atoms with Crippen molar-refractivity contribution in [1.29, 1.82) is 0 Å². The molecule has 1 aliphatic heterocycles. The summed E-state index contributed by atoms with van der Waals surface area (Å²) in [5, 5.41) is 0.934. The molecule has 1 aromatic carbocycles. The topological polar surface area (TPSA) is 116 Å². The number of anilines is 1. The lowest BCUT2D eigenvalue weighted by molar-refractivity contribution is -0.113. The van der Waals surface area contributed by atoms with Gasteiger partial charge in [-0.1, -0.05) is 6.07 Å². The minimum Gasteiger partial charge on any atom is -0.488 e. The lowest BCUT2D eigenvalue weighted by Crippen LogP contribution is -2.26. The van der Waals surface area contributed by atoms with Crippen molar-refractivity contribution in [2.24, 2.45) is 5.73 Å². The highest BCUT2D eigenvalue weighted by atomic mass is 16.5. The van der Waals surface area contributed by atoms with Crippen molar-refractivity contribution in [3.63, 3.8) is 0 Å². The lowest BCUT2D eigenvalue weighted by Gasteiger charge is -2.24. The lowest BCUT2D eigenvalue weighted by atomic mass is 10.0. The third-order valence-electron chi connectivity index (χ3n) is 4.78. The first kappa shape index (κ1) is 18.1. The molecule has 2 aromatic heterocycles. The number of nitrogens with zero attached hydrogens (tertiary/aromatic N) is 1. The Morgan fingerprint density at radius 3 is 2.86 bits per heavy atom. The predicted octanol–water partition coefficient (Wildman–Crippen LogP) is 2.87. The van der Waals surface area contributed by atoms with Gasteiger partial charge >= 0.3 is 0 Å². The van der Waals surface area contributed by atoms with Crippen molar-refractivity contribution in [3.05, 3.63) is 48.3 Å². The number of hydrogen-bond acceptors (Lipinski definition) is 5. The SMILES string of the molecule is NC(=O)C=Cc1cnc2[nH]cc(-c3ccc(OC4CCOCC4)c(N)c3)c2c1. The zero-order valence-electron chi connectivity index (χ0n) is 15.4. The molecule has 1 amide bonds. The Kier molecular flexibility index (Phi) is 4.99. The van der Waals surface area contributed by atoms with Gasteiger partial charge in [0.25, 0.3) is 0 Å². The number of amides is 1. The number of ether oxygens (including phenoxy) is 2. The van der Waals surface area contributed by atoms with Crippen molar-refractivity contribution in [1.82, 2.24) is 9.97 Å². The summed E-state index contributed by atoms with van der Waals surface area (Å²) in [4.78, 5) is 18.5. The summed E-state index contributed by atoms with van der Waals surface area (Å²) in [6, 6.07) is 7.75. The third-order valence-corrected chi connectivity index (χ3v) is 4.78. The van der Waals surface area contributed by atoms with E-state index in [0.29, 0.717) is 11.4 Å². The van der Waals surface area contributed by atoms with Crippen LogP contribution in [0.5, 0.6) is 5.75 Å². The van der Waals surface area contributed by atoms with E-state index in [1.54, 1.807) is 12.3 Å². The zero-order valence-corrected chi connectivity index (χ0v) is 15.4. The number of H-pyrrole nitrogens is 1. The number of hydrogen-bond donors (Lipinski definition) is 3. The largest absolute Gasteiger partial charge is 0.488 e. The maximum atomic E-state index is 11.0.